The summed E-state index contributed by atoms with van der Waals surface area (Å²) < 4.78 is 32.5. The molecule has 0 aliphatic rings. The van der Waals surface area contributed by atoms with Gasteiger partial charge in [0.15, 0.2) is 0 Å². The Labute approximate surface area is 155 Å². The summed E-state index contributed by atoms with van der Waals surface area (Å²) in [5.41, 5.74) is 1.59. The molecule has 1 heterocycles. The monoisotopic (exact) mass is 378 g/mol. The lowest BCUT2D eigenvalue weighted by Crippen LogP contribution is -2.24. The van der Waals surface area contributed by atoms with Crippen molar-refractivity contribution in [1.82, 2.24) is 9.78 Å². The number of ketones is 1. The number of carbonyl (C=O) groups excluding carboxylic acids is 1. The van der Waals surface area contributed by atoms with E-state index in [9.17, 15) is 13.2 Å². The summed E-state index contributed by atoms with van der Waals surface area (Å²) in [5.74, 6) is 0.355. The Kier molecular flexibility index (Phi) is 5.61. The van der Waals surface area contributed by atoms with E-state index < -0.39 is 10.1 Å². The Hall–Kier alpha value is -2.15. The number of benzene rings is 1. The van der Waals surface area contributed by atoms with Crippen molar-refractivity contribution in [2.75, 3.05) is 0 Å². The molecule has 0 radical (unpaired) electrons. The van der Waals surface area contributed by atoms with E-state index in [-0.39, 0.29) is 22.0 Å². The van der Waals surface area contributed by atoms with Gasteiger partial charge in [-0.3, -0.25) is 4.68 Å². The fraction of sp³-hybridized carbons (Fsp3) is 0.474. The van der Waals surface area contributed by atoms with Crippen LogP contribution in [0, 0.1) is 13.8 Å². The average molecular weight is 378 g/mol. The molecule has 142 valence electrons. The topological polar surface area (TPSA) is 78.3 Å². The first kappa shape index (κ1) is 20.2. The van der Waals surface area contributed by atoms with Crippen LogP contribution < -0.4 is 4.18 Å². The zero-order valence-corrected chi connectivity index (χ0v) is 17.0. The van der Waals surface area contributed by atoms with Gasteiger partial charge in [0, 0.05) is 6.42 Å². The summed E-state index contributed by atoms with van der Waals surface area (Å²) in [6, 6.07) is 6.75. The molecule has 0 N–H and O–H groups in total. The Balaban J connectivity index is 2.27. The molecule has 0 fully saturated rings. The lowest BCUT2D eigenvalue weighted by Gasteiger charge is -2.21. The van der Waals surface area contributed by atoms with E-state index in [4.69, 9.17) is 4.18 Å². The van der Waals surface area contributed by atoms with Crippen molar-refractivity contribution in [3.8, 4) is 5.75 Å². The third kappa shape index (κ3) is 4.52. The Morgan fingerprint density at radius 1 is 1.15 bits per heavy atom. The van der Waals surface area contributed by atoms with Gasteiger partial charge in [-0.2, -0.15) is 13.5 Å². The number of carbonyl (C=O) groups is 1. The van der Waals surface area contributed by atoms with Crippen LogP contribution in [-0.4, -0.2) is 24.0 Å². The number of aromatic nitrogens is 2. The van der Waals surface area contributed by atoms with E-state index in [2.05, 4.69) is 5.10 Å². The van der Waals surface area contributed by atoms with Gasteiger partial charge >= 0.3 is 10.1 Å². The minimum atomic E-state index is -3.99. The molecule has 1 aromatic heterocycles. The van der Waals surface area contributed by atoms with Gasteiger partial charge in [0.2, 0.25) is 0 Å². The molecule has 0 amide bonds. The molecule has 1 aromatic carbocycles. The van der Waals surface area contributed by atoms with Crippen LogP contribution in [0.1, 0.15) is 51.1 Å². The van der Waals surface area contributed by atoms with Crippen molar-refractivity contribution < 1.29 is 17.4 Å². The summed E-state index contributed by atoms with van der Waals surface area (Å²) >= 11 is 0. The maximum Gasteiger partial charge on any atom is 0.342 e. The molecule has 0 saturated carbocycles. The zero-order chi connectivity index (χ0) is 19.7. The van der Waals surface area contributed by atoms with Crippen LogP contribution in [0.15, 0.2) is 29.2 Å². The number of rotatable bonds is 6. The zero-order valence-electron chi connectivity index (χ0n) is 16.2. The Morgan fingerprint density at radius 3 is 2.19 bits per heavy atom. The Bertz CT molecular complexity index is 904. The fourth-order valence-electron chi connectivity index (χ4n) is 2.84. The van der Waals surface area contributed by atoms with Crippen LogP contribution in [0.4, 0.5) is 0 Å². The maximum atomic E-state index is 12.8. The minimum absolute atomic E-state index is 0.105. The highest BCUT2D eigenvalue weighted by Crippen LogP contribution is 2.27. The van der Waals surface area contributed by atoms with Crippen LogP contribution in [0.5, 0.6) is 5.75 Å². The van der Waals surface area contributed by atoms with E-state index in [0.29, 0.717) is 24.2 Å². The predicted molar refractivity (Wildman–Crippen MR) is 100.0 cm³/mol. The molecule has 0 aliphatic carbocycles. The summed E-state index contributed by atoms with van der Waals surface area (Å²) in [5, 5.41) is 4.37. The molecular weight excluding hydrogens is 352 g/mol. The molecule has 0 spiro atoms. The van der Waals surface area contributed by atoms with E-state index >= 15 is 0 Å². The first-order valence-electron chi connectivity index (χ1n) is 8.51. The smallest absolute Gasteiger partial charge is 0.342 e. The van der Waals surface area contributed by atoms with Crippen molar-refractivity contribution >= 4 is 15.9 Å². The quantitative estimate of drug-likeness (QED) is 0.719. The van der Waals surface area contributed by atoms with Crippen LogP contribution in [-0.2, 0) is 26.9 Å². The number of hydrogen-bond acceptors (Lipinski definition) is 5. The van der Waals surface area contributed by atoms with Crippen molar-refractivity contribution in [2.24, 2.45) is 0 Å². The van der Waals surface area contributed by atoms with E-state index in [1.165, 1.54) is 0 Å². The molecule has 2 rings (SSSR count). The molecule has 26 heavy (non-hydrogen) atoms. The average Bonchev–Trinajstić information content (AvgIpc) is 2.81. The van der Waals surface area contributed by atoms with Crippen molar-refractivity contribution in [3.63, 3.8) is 0 Å². The highest BCUT2D eigenvalue weighted by atomic mass is 32.2. The number of aryl methyl sites for hydroxylation is 2. The van der Waals surface area contributed by atoms with Gasteiger partial charge in [-0.05, 0) is 65.7 Å². The largest absolute Gasteiger partial charge is 0.379 e. The highest BCUT2D eigenvalue weighted by Gasteiger charge is 2.30. The molecule has 0 unspecified atom stereocenters. The third-order valence-corrected chi connectivity index (χ3v) is 5.51. The van der Waals surface area contributed by atoms with E-state index in [1.807, 2.05) is 20.8 Å². The van der Waals surface area contributed by atoms with Crippen molar-refractivity contribution in [2.45, 2.75) is 64.8 Å². The van der Waals surface area contributed by atoms with Crippen molar-refractivity contribution in [1.29, 1.82) is 0 Å². The summed E-state index contributed by atoms with van der Waals surface area (Å²) in [4.78, 5) is 11.2. The van der Waals surface area contributed by atoms with Crippen LogP contribution in [0.3, 0.4) is 0 Å². The SMILES string of the molecule is CC(=O)CCc1ccc(OS(=O)(=O)c2c(C)nn(C(C)(C)C)c2C)cc1. The lowest BCUT2D eigenvalue weighted by atomic mass is 10.1. The molecule has 7 heteroatoms. The lowest BCUT2D eigenvalue weighted by molar-refractivity contribution is -0.116. The first-order valence-corrected chi connectivity index (χ1v) is 9.92. The fourth-order valence-corrected chi connectivity index (χ4v) is 4.14. The number of nitrogens with zero attached hydrogens (tertiary/aromatic N) is 2. The molecule has 0 saturated heterocycles. The van der Waals surface area contributed by atoms with Crippen LogP contribution >= 0.6 is 0 Å². The van der Waals surface area contributed by atoms with Gasteiger partial charge in [0.25, 0.3) is 0 Å². The summed E-state index contributed by atoms with van der Waals surface area (Å²) in [6.45, 7) is 10.8. The second-order valence-corrected chi connectivity index (χ2v) is 8.95. The molecule has 6 nitrogen and oxygen atoms in total. The van der Waals surface area contributed by atoms with Gasteiger partial charge in [-0.1, -0.05) is 12.1 Å². The normalized spacial score (nSPS) is 12.2. The van der Waals surface area contributed by atoms with Gasteiger partial charge in [-0.15, -0.1) is 0 Å². The molecule has 0 aliphatic heterocycles. The highest BCUT2D eigenvalue weighted by molar-refractivity contribution is 7.87. The van der Waals surface area contributed by atoms with Gasteiger partial charge in [0.1, 0.15) is 16.4 Å². The first-order chi connectivity index (χ1) is 11.9. The second kappa shape index (κ2) is 7.23. The summed E-state index contributed by atoms with van der Waals surface area (Å²) in [6.07, 6.45) is 1.09. The standard InChI is InChI=1S/C19H26N2O4S/c1-13(22)7-8-16-9-11-17(12-10-16)25-26(23,24)18-14(2)20-21(15(18)3)19(4,5)6/h9-12H,7-8H2,1-6H3. The van der Waals surface area contributed by atoms with E-state index in [0.717, 1.165) is 5.56 Å². The molecule has 0 atom stereocenters. The second-order valence-electron chi connectivity index (χ2n) is 7.47. The van der Waals surface area contributed by atoms with Gasteiger partial charge in [0.05, 0.1) is 16.9 Å². The molecule has 2 aromatic rings. The third-order valence-electron chi connectivity index (χ3n) is 4.01. The number of hydrogen-bond donors (Lipinski definition) is 0. The van der Waals surface area contributed by atoms with Crippen LogP contribution in [0.2, 0.25) is 0 Å². The van der Waals surface area contributed by atoms with Crippen LogP contribution in [0.25, 0.3) is 0 Å². The Morgan fingerprint density at radius 2 is 1.73 bits per heavy atom. The molecule has 0 bridgehead atoms. The van der Waals surface area contributed by atoms with Gasteiger partial charge < -0.3 is 8.98 Å². The van der Waals surface area contributed by atoms with Crippen molar-refractivity contribution in [3.05, 3.63) is 41.2 Å². The number of Topliss-reactive ketones (excluding diaryl/α,β-unsaturated/α-hetero) is 1. The molecular formula is C19H26N2O4S. The predicted octanol–water partition coefficient (Wildman–Crippen LogP) is 3.54. The van der Waals surface area contributed by atoms with E-state index in [1.54, 1.807) is 49.7 Å². The minimum Gasteiger partial charge on any atom is -0.379 e. The summed E-state index contributed by atoms with van der Waals surface area (Å²) in [7, 11) is -3.99. The maximum absolute atomic E-state index is 12.8. The van der Waals surface area contributed by atoms with Gasteiger partial charge in [-0.25, -0.2) is 0 Å².